The zero-order valence-electron chi connectivity index (χ0n) is 10.8. The fraction of sp³-hybridized carbons (Fsp3) is 0.154. The molecule has 1 heterocycles. The summed E-state index contributed by atoms with van der Waals surface area (Å²) in [6, 6.07) is 4.06. The smallest absolute Gasteiger partial charge is 0.313 e. The normalized spacial score (nSPS) is 10.5. The molecule has 0 bridgehead atoms. The van der Waals surface area contributed by atoms with Crippen molar-refractivity contribution in [1.82, 2.24) is 4.98 Å². The lowest BCUT2D eigenvalue weighted by Gasteiger charge is -2.09. The summed E-state index contributed by atoms with van der Waals surface area (Å²) in [7, 11) is 0. The molecule has 0 radical (unpaired) electrons. The molecule has 0 aliphatic heterocycles. The highest BCUT2D eigenvalue weighted by Crippen LogP contribution is 2.38. The number of hydrogen-bond donors (Lipinski definition) is 1. The lowest BCUT2D eigenvalue weighted by Crippen LogP contribution is -1.98. The molecule has 0 unspecified atom stereocenters. The molecule has 0 fully saturated rings. The number of nitrogens with zero attached hydrogens (tertiary/aromatic N) is 2. The van der Waals surface area contributed by atoms with Gasteiger partial charge in [0.15, 0.2) is 0 Å². The van der Waals surface area contributed by atoms with Gasteiger partial charge >= 0.3 is 5.69 Å². The van der Waals surface area contributed by atoms with E-state index in [-0.39, 0.29) is 34.0 Å². The van der Waals surface area contributed by atoms with Crippen molar-refractivity contribution >= 4 is 28.9 Å². The van der Waals surface area contributed by atoms with E-state index in [0.29, 0.717) is 11.1 Å². The number of nitro benzene ring substituents is 1. The zero-order valence-corrected chi connectivity index (χ0v) is 12.4. The van der Waals surface area contributed by atoms with Crippen LogP contribution < -0.4 is 4.74 Å². The van der Waals surface area contributed by atoms with Gasteiger partial charge < -0.3 is 9.84 Å². The fourth-order valence-corrected chi connectivity index (χ4v) is 1.97. The van der Waals surface area contributed by atoms with E-state index < -0.39 is 4.92 Å². The fourth-order valence-electron chi connectivity index (χ4n) is 1.66. The molecule has 0 saturated carbocycles. The third kappa shape index (κ3) is 3.41. The van der Waals surface area contributed by atoms with E-state index in [2.05, 4.69) is 4.98 Å². The van der Waals surface area contributed by atoms with Crippen molar-refractivity contribution in [3.63, 3.8) is 0 Å². The van der Waals surface area contributed by atoms with Crippen LogP contribution >= 0.6 is 23.2 Å². The van der Waals surface area contributed by atoms with E-state index in [0.717, 1.165) is 6.07 Å². The van der Waals surface area contributed by atoms with Crippen molar-refractivity contribution in [2.24, 2.45) is 0 Å². The van der Waals surface area contributed by atoms with Crippen LogP contribution in [-0.4, -0.2) is 15.0 Å². The first-order valence-electron chi connectivity index (χ1n) is 5.80. The van der Waals surface area contributed by atoms with Gasteiger partial charge in [-0.05, 0) is 18.6 Å². The van der Waals surface area contributed by atoms with Gasteiger partial charge in [0, 0.05) is 23.9 Å². The topological polar surface area (TPSA) is 85.5 Å². The Hall–Kier alpha value is -1.89. The number of aryl methyl sites for hydroxylation is 1. The SMILES string of the molecule is Cc1cc(CO)cnc1Oc1cc(Cl)c(Cl)cc1[N+](=O)[O-]. The minimum atomic E-state index is -0.616. The first-order chi connectivity index (χ1) is 9.92. The molecule has 0 atom stereocenters. The number of ether oxygens (including phenoxy) is 1. The third-order valence-electron chi connectivity index (χ3n) is 2.67. The summed E-state index contributed by atoms with van der Waals surface area (Å²) in [5.74, 6) is 0.135. The molecular weight excluding hydrogens is 319 g/mol. The molecule has 0 aliphatic rings. The van der Waals surface area contributed by atoms with Crippen molar-refractivity contribution in [2.45, 2.75) is 13.5 Å². The third-order valence-corrected chi connectivity index (χ3v) is 3.40. The van der Waals surface area contributed by atoms with Crippen LogP contribution in [0.5, 0.6) is 11.6 Å². The van der Waals surface area contributed by atoms with E-state index in [9.17, 15) is 10.1 Å². The Labute approximate surface area is 130 Å². The number of halogens is 2. The predicted octanol–water partition coefficient (Wildman–Crippen LogP) is 3.89. The van der Waals surface area contributed by atoms with Crippen molar-refractivity contribution < 1.29 is 14.8 Å². The molecular formula is C13H10Cl2N2O4. The van der Waals surface area contributed by atoms with E-state index in [4.69, 9.17) is 33.0 Å². The second-order valence-electron chi connectivity index (χ2n) is 4.22. The number of benzene rings is 1. The van der Waals surface area contributed by atoms with Crippen molar-refractivity contribution in [3.05, 3.63) is 55.7 Å². The van der Waals surface area contributed by atoms with Crippen LogP contribution in [-0.2, 0) is 6.61 Å². The zero-order chi connectivity index (χ0) is 15.6. The van der Waals surface area contributed by atoms with Crippen molar-refractivity contribution in [3.8, 4) is 11.6 Å². The Bertz CT molecular complexity index is 707. The number of aliphatic hydroxyl groups is 1. The van der Waals surface area contributed by atoms with Crippen LogP contribution in [0.3, 0.4) is 0 Å². The summed E-state index contributed by atoms with van der Waals surface area (Å²) in [4.78, 5) is 14.4. The molecule has 110 valence electrons. The molecule has 1 aromatic heterocycles. The van der Waals surface area contributed by atoms with Crippen LogP contribution in [0.4, 0.5) is 5.69 Å². The summed E-state index contributed by atoms with van der Waals surface area (Å²) in [5, 5.41) is 20.3. The minimum absolute atomic E-state index is 0.0539. The standard InChI is InChI=1S/C13H10Cl2N2O4/c1-7-2-8(6-18)5-16-13(7)21-12-4-10(15)9(14)3-11(12)17(19)20/h2-5,18H,6H2,1H3. The van der Waals surface area contributed by atoms with Gasteiger partial charge in [-0.15, -0.1) is 0 Å². The molecule has 2 rings (SSSR count). The molecule has 1 aromatic carbocycles. The molecule has 1 N–H and O–H groups in total. The van der Waals surface area contributed by atoms with Crippen molar-refractivity contribution in [1.29, 1.82) is 0 Å². The Morgan fingerprint density at radius 3 is 2.57 bits per heavy atom. The Morgan fingerprint density at radius 1 is 1.33 bits per heavy atom. The maximum atomic E-state index is 11.0. The number of rotatable bonds is 4. The number of aliphatic hydroxyl groups excluding tert-OH is 1. The van der Waals surface area contributed by atoms with E-state index in [1.807, 2.05) is 0 Å². The largest absolute Gasteiger partial charge is 0.431 e. The average Bonchev–Trinajstić information content (AvgIpc) is 2.44. The lowest BCUT2D eigenvalue weighted by molar-refractivity contribution is -0.385. The predicted molar refractivity (Wildman–Crippen MR) is 78.1 cm³/mol. The summed E-state index contributed by atoms with van der Waals surface area (Å²) in [6.45, 7) is 1.56. The van der Waals surface area contributed by atoms with Crippen LogP contribution in [0.2, 0.25) is 10.0 Å². The van der Waals surface area contributed by atoms with Gasteiger partial charge in [0.25, 0.3) is 0 Å². The van der Waals surface area contributed by atoms with Crippen LogP contribution in [0, 0.1) is 17.0 Å². The Morgan fingerprint density at radius 2 is 2.00 bits per heavy atom. The number of aromatic nitrogens is 1. The first kappa shape index (κ1) is 15.5. The van der Waals surface area contributed by atoms with Gasteiger partial charge in [0.2, 0.25) is 11.6 Å². The van der Waals surface area contributed by atoms with Gasteiger partial charge in [-0.2, -0.15) is 0 Å². The maximum absolute atomic E-state index is 11.0. The Balaban J connectivity index is 2.43. The molecule has 0 saturated heterocycles. The average molecular weight is 329 g/mol. The highest BCUT2D eigenvalue weighted by atomic mass is 35.5. The molecule has 0 spiro atoms. The maximum Gasteiger partial charge on any atom is 0.313 e. The van der Waals surface area contributed by atoms with Gasteiger partial charge in [-0.1, -0.05) is 23.2 Å². The molecule has 8 heteroatoms. The monoisotopic (exact) mass is 328 g/mol. The molecule has 0 amide bonds. The first-order valence-corrected chi connectivity index (χ1v) is 6.55. The summed E-state index contributed by atoms with van der Waals surface area (Å²) in [6.07, 6.45) is 1.42. The van der Waals surface area contributed by atoms with Gasteiger partial charge in [0.05, 0.1) is 21.6 Å². The molecule has 0 aliphatic carbocycles. The van der Waals surface area contributed by atoms with E-state index in [1.165, 1.54) is 12.3 Å². The number of pyridine rings is 1. The summed E-state index contributed by atoms with van der Waals surface area (Å²) >= 11 is 11.6. The molecule has 2 aromatic rings. The van der Waals surface area contributed by atoms with Gasteiger partial charge in [-0.3, -0.25) is 10.1 Å². The Kier molecular flexibility index (Phi) is 4.62. The second-order valence-corrected chi connectivity index (χ2v) is 5.03. The molecule has 21 heavy (non-hydrogen) atoms. The van der Waals surface area contributed by atoms with Crippen LogP contribution in [0.25, 0.3) is 0 Å². The summed E-state index contributed by atoms with van der Waals surface area (Å²) < 4.78 is 5.46. The van der Waals surface area contributed by atoms with E-state index in [1.54, 1.807) is 13.0 Å². The number of nitro groups is 1. The van der Waals surface area contributed by atoms with Gasteiger partial charge in [-0.25, -0.2) is 4.98 Å². The van der Waals surface area contributed by atoms with Crippen molar-refractivity contribution in [2.75, 3.05) is 0 Å². The highest BCUT2D eigenvalue weighted by molar-refractivity contribution is 6.42. The van der Waals surface area contributed by atoms with E-state index >= 15 is 0 Å². The quantitative estimate of drug-likeness (QED) is 0.679. The lowest BCUT2D eigenvalue weighted by atomic mass is 10.2. The minimum Gasteiger partial charge on any atom is -0.431 e. The second kappa shape index (κ2) is 6.26. The molecule has 6 nitrogen and oxygen atoms in total. The van der Waals surface area contributed by atoms with Gasteiger partial charge in [0.1, 0.15) is 0 Å². The number of hydrogen-bond acceptors (Lipinski definition) is 5. The highest BCUT2D eigenvalue weighted by Gasteiger charge is 2.20. The van der Waals surface area contributed by atoms with Crippen LogP contribution in [0.1, 0.15) is 11.1 Å². The summed E-state index contributed by atoms with van der Waals surface area (Å²) in [5.41, 5.74) is 0.933. The van der Waals surface area contributed by atoms with Crippen LogP contribution in [0.15, 0.2) is 24.4 Å².